The molecule has 0 radical (unpaired) electrons. The number of benzene rings is 3. The van der Waals surface area contributed by atoms with E-state index < -0.39 is 10.8 Å². The monoisotopic (exact) mass is 527 g/mol. The Morgan fingerprint density at radius 3 is 2.44 bits per heavy atom. The number of nitro groups is 1. The maximum Gasteiger partial charge on any atom is 0.289 e. The summed E-state index contributed by atoms with van der Waals surface area (Å²) in [6.07, 6.45) is 0.677. The van der Waals surface area contributed by atoms with E-state index in [0.717, 1.165) is 11.1 Å². The lowest BCUT2D eigenvalue weighted by atomic mass is 9.98. The highest BCUT2D eigenvalue weighted by molar-refractivity contribution is 6.07. The van der Waals surface area contributed by atoms with E-state index in [-0.39, 0.29) is 22.9 Å². The molecule has 2 heterocycles. The number of fused-ring (bicyclic) bond motifs is 1. The van der Waals surface area contributed by atoms with Crippen LogP contribution in [0.2, 0.25) is 0 Å². The number of para-hydroxylation sites is 1. The number of carbonyl (C=O) groups excluding carboxylic acids is 2. The standard InChI is InChI=1S/C29H25N3O7/c1-37-26-15-18-12-13-31(17-20(18)16-27(26)38-2)29(34)25-11-10-24(39-25)19-6-5-7-21(14-19)30-28(33)22-8-3-4-9-23(22)32(35)36/h3-11,14-16H,12-13,17H2,1-2H3,(H,30,33). The van der Waals surface area contributed by atoms with Crippen LogP contribution in [0.5, 0.6) is 11.5 Å². The first-order valence-electron chi connectivity index (χ1n) is 12.2. The summed E-state index contributed by atoms with van der Waals surface area (Å²) in [5, 5.41) is 14.0. The van der Waals surface area contributed by atoms with Gasteiger partial charge in [-0.2, -0.15) is 0 Å². The van der Waals surface area contributed by atoms with Gasteiger partial charge in [0.05, 0.1) is 19.1 Å². The van der Waals surface area contributed by atoms with Crippen molar-refractivity contribution in [3.05, 3.63) is 105 Å². The Hall–Kier alpha value is -5.12. The summed E-state index contributed by atoms with van der Waals surface area (Å²) in [7, 11) is 3.17. The molecule has 5 rings (SSSR count). The van der Waals surface area contributed by atoms with Crippen molar-refractivity contribution in [3.8, 4) is 22.8 Å². The van der Waals surface area contributed by atoms with Gasteiger partial charge >= 0.3 is 0 Å². The van der Waals surface area contributed by atoms with Gasteiger partial charge in [-0.3, -0.25) is 19.7 Å². The molecular formula is C29H25N3O7. The maximum atomic E-state index is 13.3. The molecule has 0 saturated carbocycles. The molecule has 1 N–H and O–H groups in total. The van der Waals surface area contributed by atoms with Crippen LogP contribution >= 0.6 is 0 Å². The fraction of sp³-hybridized carbons (Fsp3) is 0.172. The van der Waals surface area contributed by atoms with Crippen molar-refractivity contribution in [2.45, 2.75) is 13.0 Å². The molecular weight excluding hydrogens is 502 g/mol. The topological polar surface area (TPSA) is 124 Å². The Kier molecular flexibility index (Phi) is 7.00. The molecule has 0 saturated heterocycles. The number of rotatable bonds is 7. The van der Waals surface area contributed by atoms with Crippen LogP contribution in [0.1, 0.15) is 32.0 Å². The summed E-state index contributed by atoms with van der Waals surface area (Å²) in [5.41, 5.74) is 2.83. The van der Waals surface area contributed by atoms with E-state index in [1.807, 2.05) is 12.1 Å². The van der Waals surface area contributed by atoms with E-state index in [4.69, 9.17) is 13.9 Å². The smallest absolute Gasteiger partial charge is 0.289 e. The van der Waals surface area contributed by atoms with Crippen LogP contribution < -0.4 is 14.8 Å². The molecule has 1 aromatic heterocycles. The summed E-state index contributed by atoms with van der Waals surface area (Å²) in [6, 6.07) is 19.7. The highest BCUT2D eigenvalue weighted by atomic mass is 16.6. The zero-order valence-corrected chi connectivity index (χ0v) is 21.3. The van der Waals surface area contributed by atoms with Crippen molar-refractivity contribution in [1.82, 2.24) is 4.90 Å². The normalized spacial score (nSPS) is 12.4. The van der Waals surface area contributed by atoms with Gasteiger partial charge in [-0.15, -0.1) is 0 Å². The summed E-state index contributed by atoms with van der Waals surface area (Å²) in [4.78, 5) is 38.4. The summed E-state index contributed by atoms with van der Waals surface area (Å²) >= 11 is 0. The van der Waals surface area contributed by atoms with E-state index in [1.165, 1.54) is 18.2 Å². The second kappa shape index (κ2) is 10.7. The van der Waals surface area contributed by atoms with Gasteiger partial charge in [0.25, 0.3) is 17.5 Å². The number of nitrogens with zero attached hydrogens (tertiary/aromatic N) is 2. The van der Waals surface area contributed by atoms with Crippen LogP contribution in [0, 0.1) is 10.1 Å². The Bertz CT molecular complexity index is 1580. The molecule has 10 heteroatoms. The lowest BCUT2D eigenvalue weighted by Gasteiger charge is -2.29. The SMILES string of the molecule is COc1cc2c(cc1OC)CN(C(=O)c1ccc(-c3cccc(NC(=O)c4ccccc4[N+](=O)[O-])c3)o1)CC2. The van der Waals surface area contributed by atoms with E-state index in [9.17, 15) is 19.7 Å². The molecule has 2 amide bonds. The van der Waals surface area contributed by atoms with Crippen molar-refractivity contribution >= 4 is 23.2 Å². The highest BCUT2D eigenvalue weighted by Crippen LogP contribution is 2.34. The summed E-state index contributed by atoms with van der Waals surface area (Å²) in [5.74, 6) is 1.08. The number of furan rings is 1. The number of anilines is 1. The third-order valence-corrected chi connectivity index (χ3v) is 6.57. The number of amides is 2. The first-order chi connectivity index (χ1) is 18.9. The summed E-state index contributed by atoms with van der Waals surface area (Å²) < 4.78 is 16.7. The van der Waals surface area contributed by atoms with E-state index >= 15 is 0 Å². The number of methoxy groups -OCH3 is 2. The van der Waals surface area contributed by atoms with Crippen LogP contribution in [0.25, 0.3) is 11.3 Å². The van der Waals surface area contributed by atoms with Gasteiger partial charge in [0.1, 0.15) is 11.3 Å². The van der Waals surface area contributed by atoms with Gasteiger partial charge in [0, 0.05) is 30.4 Å². The Labute approximate surface area is 223 Å². The molecule has 10 nitrogen and oxygen atoms in total. The molecule has 1 aliphatic rings. The molecule has 3 aromatic carbocycles. The molecule has 0 atom stereocenters. The number of hydrogen-bond donors (Lipinski definition) is 1. The Morgan fingerprint density at radius 2 is 1.69 bits per heavy atom. The molecule has 1 aliphatic heterocycles. The van der Waals surface area contributed by atoms with Gasteiger partial charge < -0.3 is 24.1 Å². The fourth-order valence-electron chi connectivity index (χ4n) is 4.59. The fourth-order valence-corrected chi connectivity index (χ4v) is 4.59. The van der Waals surface area contributed by atoms with Crippen LogP contribution in [-0.4, -0.2) is 42.4 Å². The second-order valence-corrected chi connectivity index (χ2v) is 8.93. The molecule has 0 aliphatic carbocycles. The van der Waals surface area contributed by atoms with Gasteiger partial charge in [-0.25, -0.2) is 0 Å². The Morgan fingerprint density at radius 1 is 0.949 bits per heavy atom. The number of carbonyl (C=O) groups is 2. The number of ether oxygens (including phenoxy) is 2. The number of nitro benzene ring substituents is 1. The predicted molar refractivity (Wildman–Crippen MR) is 143 cm³/mol. The van der Waals surface area contributed by atoms with Gasteiger partial charge in [-0.1, -0.05) is 24.3 Å². The lowest BCUT2D eigenvalue weighted by Crippen LogP contribution is -2.35. The number of hydrogen-bond acceptors (Lipinski definition) is 7. The largest absolute Gasteiger partial charge is 0.493 e. The quantitative estimate of drug-likeness (QED) is 0.255. The molecule has 39 heavy (non-hydrogen) atoms. The van der Waals surface area contributed by atoms with Crippen LogP contribution in [0.15, 0.2) is 77.2 Å². The van der Waals surface area contributed by atoms with Crippen molar-refractivity contribution in [2.75, 3.05) is 26.1 Å². The van der Waals surface area contributed by atoms with Crippen molar-refractivity contribution < 1.29 is 28.4 Å². The average molecular weight is 528 g/mol. The van der Waals surface area contributed by atoms with Crippen LogP contribution in [0.4, 0.5) is 11.4 Å². The van der Waals surface area contributed by atoms with Crippen molar-refractivity contribution in [3.63, 3.8) is 0 Å². The summed E-state index contributed by atoms with van der Waals surface area (Å²) in [6.45, 7) is 0.947. The zero-order chi connectivity index (χ0) is 27.5. The Balaban J connectivity index is 1.31. The van der Waals surface area contributed by atoms with Gasteiger partial charge in [0.15, 0.2) is 17.3 Å². The molecule has 0 unspecified atom stereocenters. The average Bonchev–Trinajstić information content (AvgIpc) is 3.46. The minimum Gasteiger partial charge on any atom is -0.493 e. The minimum atomic E-state index is -0.602. The van der Waals surface area contributed by atoms with E-state index in [2.05, 4.69) is 5.32 Å². The lowest BCUT2D eigenvalue weighted by molar-refractivity contribution is -0.385. The minimum absolute atomic E-state index is 0.0436. The number of nitrogens with one attached hydrogen (secondary N) is 1. The maximum absolute atomic E-state index is 13.3. The van der Waals surface area contributed by atoms with Gasteiger partial charge in [0.2, 0.25) is 0 Å². The van der Waals surface area contributed by atoms with Gasteiger partial charge in [-0.05, 0) is 60.0 Å². The van der Waals surface area contributed by atoms with Crippen molar-refractivity contribution in [1.29, 1.82) is 0 Å². The second-order valence-electron chi connectivity index (χ2n) is 8.93. The third kappa shape index (κ3) is 5.17. The zero-order valence-electron chi connectivity index (χ0n) is 21.3. The predicted octanol–water partition coefficient (Wildman–Crippen LogP) is 5.32. The first-order valence-corrected chi connectivity index (χ1v) is 12.2. The highest BCUT2D eigenvalue weighted by Gasteiger charge is 2.26. The van der Waals surface area contributed by atoms with Crippen LogP contribution in [-0.2, 0) is 13.0 Å². The van der Waals surface area contributed by atoms with Crippen molar-refractivity contribution in [2.24, 2.45) is 0 Å². The first kappa shape index (κ1) is 25.5. The van der Waals surface area contributed by atoms with Crippen LogP contribution in [0.3, 0.4) is 0 Å². The molecule has 0 spiro atoms. The van der Waals surface area contributed by atoms with E-state index in [0.29, 0.717) is 48.0 Å². The molecule has 4 aromatic rings. The van der Waals surface area contributed by atoms with E-state index in [1.54, 1.807) is 61.6 Å². The molecule has 0 bridgehead atoms. The third-order valence-electron chi connectivity index (χ3n) is 6.57. The molecule has 0 fully saturated rings. The molecule has 198 valence electrons.